The molecule has 1 aliphatic heterocycles. The van der Waals surface area contributed by atoms with Crippen molar-refractivity contribution in [3.05, 3.63) is 80.6 Å². The van der Waals surface area contributed by atoms with Gasteiger partial charge in [0.2, 0.25) is 6.93 Å². The van der Waals surface area contributed by atoms with Crippen LogP contribution < -0.4 is 29.8 Å². The number of benzene rings is 2. The number of aromatic amines is 1. The Kier molecular flexibility index (Phi) is 11.5. The number of methoxy groups -OCH3 is 2. The summed E-state index contributed by atoms with van der Waals surface area (Å²) in [6.07, 6.45) is -1.37. The Balaban J connectivity index is 0.00000134. The van der Waals surface area contributed by atoms with Crippen molar-refractivity contribution < 1.29 is 41.7 Å². The van der Waals surface area contributed by atoms with Gasteiger partial charge in [-0.05, 0) is 48.5 Å². The maximum atomic E-state index is 12.2. The first-order valence-corrected chi connectivity index (χ1v) is 12.8. The highest BCUT2D eigenvalue weighted by Gasteiger charge is 2.37. The van der Waals surface area contributed by atoms with Crippen molar-refractivity contribution >= 4 is 20.2 Å². The number of nitrogens with one attached hydrogen (secondary N) is 1. The fourth-order valence-corrected chi connectivity index (χ4v) is 4.57. The Morgan fingerprint density at radius 1 is 1.00 bits per heavy atom. The van der Waals surface area contributed by atoms with Crippen LogP contribution in [-0.2, 0) is 9.26 Å². The molecule has 1 saturated heterocycles. The summed E-state index contributed by atoms with van der Waals surface area (Å²) < 4.78 is 54.2. The van der Waals surface area contributed by atoms with Crippen LogP contribution in [0.15, 0.2) is 64.3 Å². The molecule has 2 aromatic carbocycles. The molecule has 1 aliphatic rings. The van der Waals surface area contributed by atoms with Crippen molar-refractivity contribution in [3.8, 4) is 23.0 Å². The van der Waals surface area contributed by atoms with Crippen LogP contribution in [0.1, 0.15) is 12.6 Å². The number of hydrogen-bond donors (Lipinski definition) is 2. The number of hydrogen-bond acceptors (Lipinski definition) is 9. The van der Waals surface area contributed by atoms with Crippen molar-refractivity contribution in [2.24, 2.45) is 0 Å². The minimum atomic E-state index is -1.94. The first kappa shape index (κ1) is 30.3. The van der Waals surface area contributed by atoms with E-state index in [0.29, 0.717) is 23.0 Å². The predicted octanol–water partition coefficient (Wildman–Crippen LogP) is 4.14. The summed E-state index contributed by atoms with van der Waals surface area (Å²) >= 11 is 5.83. The first-order valence-electron chi connectivity index (χ1n) is 11.3. The third-order valence-electron chi connectivity index (χ3n) is 5.21. The van der Waals surface area contributed by atoms with Gasteiger partial charge >= 0.3 is 14.3 Å². The highest BCUT2D eigenvalue weighted by atomic mass is 35.5. The normalized spacial score (nSPS) is 18.3. The number of nitrogens with zero attached hydrogens (tertiary/aromatic N) is 1. The Morgan fingerprint density at radius 3 is 1.97 bits per heavy atom. The van der Waals surface area contributed by atoms with Gasteiger partial charge in [0.25, 0.3) is 5.56 Å². The van der Waals surface area contributed by atoms with E-state index in [0.717, 1.165) is 10.8 Å². The van der Waals surface area contributed by atoms with Crippen molar-refractivity contribution in [1.29, 1.82) is 0 Å². The first-order chi connectivity index (χ1) is 18.8. The summed E-state index contributed by atoms with van der Waals surface area (Å²) in [4.78, 5) is 25.8. The average molecular weight is 591 g/mol. The predicted molar refractivity (Wildman–Crippen MR) is 138 cm³/mol. The maximum absolute atomic E-state index is 12.2. The van der Waals surface area contributed by atoms with E-state index in [2.05, 4.69) is 4.98 Å². The number of rotatable bonds is 10. The molecule has 0 spiro atoms. The molecule has 0 amide bonds. The molecular weight excluding hydrogens is 565 g/mol. The van der Waals surface area contributed by atoms with Gasteiger partial charge in [0.1, 0.15) is 34.1 Å². The lowest BCUT2D eigenvalue weighted by Crippen LogP contribution is -2.35. The van der Waals surface area contributed by atoms with E-state index in [1.54, 1.807) is 62.8 Å². The number of H-pyrrole nitrogens is 1. The van der Waals surface area contributed by atoms with Gasteiger partial charge < -0.3 is 28.4 Å². The minimum absolute atomic E-state index is 0.00257. The van der Waals surface area contributed by atoms with Crippen LogP contribution >= 0.6 is 20.2 Å². The van der Waals surface area contributed by atoms with Crippen LogP contribution in [-0.4, -0.2) is 54.6 Å². The van der Waals surface area contributed by atoms with Gasteiger partial charge in [-0.3, -0.25) is 18.9 Å². The van der Waals surface area contributed by atoms with Crippen molar-refractivity contribution in [3.63, 3.8) is 0 Å². The molecule has 0 saturated carbocycles. The number of aliphatic hydroxyl groups is 1. The van der Waals surface area contributed by atoms with Crippen LogP contribution in [0.25, 0.3) is 0 Å². The molecule has 1 fully saturated rings. The molecule has 4 rings (SSSR count). The van der Waals surface area contributed by atoms with E-state index in [1.165, 1.54) is 0 Å². The van der Waals surface area contributed by atoms with Crippen molar-refractivity contribution in [2.45, 2.75) is 24.9 Å². The monoisotopic (exact) mass is 590 g/mol. The van der Waals surface area contributed by atoms with Crippen LogP contribution in [0.4, 0.5) is 8.78 Å². The standard InChI is InChI=1S/C23H24ClN2O9P.CH2F2/c1-30-14-3-7-16(8-4-14)34-36(35-17-9-5-15(31-2)6-10-17)32-13-18-11-20(27)22(33-18)26-12-19(24)21(28)25-23(26)29;2-1-3/h3-10,12,18,20,22,27H,11,13H2,1-2H3,(H,25,28,29);1H2. The van der Waals surface area contributed by atoms with E-state index in [4.69, 9.17) is 39.4 Å². The summed E-state index contributed by atoms with van der Waals surface area (Å²) in [6, 6.07) is 13.8. The minimum Gasteiger partial charge on any atom is -0.497 e. The average Bonchev–Trinajstić information content (AvgIpc) is 3.30. The SMILES string of the molecule is COc1ccc(OP(OCC2CC(O)C(n3cc(Cl)c(=O)[nH]c3=O)O2)Oc2ccc(OC)cc2)cc1.FCF. The summed E-state index contributed by atoms with van der Waals surface area (Å²) in [6.45, 7) is -1.75. The number of halogens is 3. The lowest BCUT2D eigenvalue weighted by molar-refractivity contribution is -0.0508. The van der Waals surface area contributed by atoms with Gasteiger partial charge in [-0.2, -0.15) is 0 Å². The van der Waals surface area contributed by atoms with Gasteiger partial charge in [-0.15, -0.1) is 0 Å². The molecular formula is C24H26ClF2N2O9P. The van der Waals surface area contributed by atoms with E-state index < -0.39 is 45.2 Å². The van der Waals surface area contributed by atoms with E-state index in [-0.39, 0.29) is 18.1 Å². The van der Waals surface area contributed by atoms with Gasteiger partial charge in [0.05, 0.1) is 26.9 Å². The molecule has 0 radical (unpaired) electrons. The molecule has 0 aliphatic carbocycles. The highest BCUT2D eigenvalue weighted by Crippen LogP contribution is 2.43. The van der Waals surface area contributed by atoms with Crippen LogP contribution in [0, 0.1) is 0 Å². The molecule has 3 aromatic rings. The molecule has 3 unspecified atom stereocenters. The summed E-state index contributed by atoms with van der Waals surface area (Å²) in [7, 11) is 1.20. The largest absolute Gasteiger partial charge is 0.497 e. The van der Waals surface area contributed by atoms with Crippen molar-refractivity contribution in [1.82, 2.24) is 9.55 Å². The van der Waals surface area contributed by atoms with Gasteiger partial charge in [-0.25, -0.2) is 13.6 Å². The third-order valence-corrected chi connectivity index (χ3v) is 6.56. The van der Waals surface area contributed by atoms with Gasteiger partial charge in [0.15, 0.2) is 6.23 Å². The Hall–Kier alpha value is -3.22. The summed E-state index contributed by atoms with van der Waals surface area (Å²) in [5.41, 5.74) is -1.47. The Bertz CT molecular complexity index is 1240. The number of alkyl halides is 2. The van der Waals surface area contributed by atoms with E-state index in [9.17, 15) is 23.5 Å². The fourth-order valence-electron chi connectivity index (χ4n) is 3.40. The van der Waals surface area contributed by atoms with Crippen molar-refractivity contribution in [2.75, 3.05) is 27.8 Å². The van der Waals surface area contributed by atoms with Crippen LogP contribution in [0.2, 0.25) is 5.02 Å². The molecule has 15 heteroatoms. The second-order valence-corrected chi connectivity index (χ2v) is 9.23. The second kappa shape index (κ2) is 14.8. The lowest BCUT2D eigenvalue weighted by atomic mass is 10.2. The zero-order chi connectivity index (χ0) is 28.4. The quantitative estimate of drug-likeness (QED) is 0.335. The molecule has 3 atom stereocenters. The van der Waals surface area contributed by atoms with Crippen LogP contribution in [0.3, 0.4) is 0 Å². The maximum Gasteiger partial charge on any atom is 0.463 e. The highest BCUT2D eigenvalue weighted by molar-refractivity contribution is 7.42. The Morgan fingerprint density at radius 2 is 1.49 bits per heavy atom. The molecule has 39 heavy (non-hydrogen) atoms. The smallest absolute Gasteiger partial charge is 0.463 e. The Labute approximate surface area is 227 Å². The zero-order valence-electron chi connectivity index (χ0n) is 20.8. The third kappa shape index (κ3) is 8.64. The van der Waals surface area contributed by atoms with Gasteiger partial charge in [-0.1, -0.05) is 11.6 Å². The molecule has 2 heterocycles. The fraction of sp³-hybridized carbons (Fsp3) is 0.333. The second-order valence-electron chi connectivity index (χ2n) is 7.75. The topological polar surface area (TPSA) is 130 Å². The van der Waals surface area contributed by atoms with E-state index >= 15 is 0 Å². The van der Waals surface area contributed by atoms with E-state index in [1.807, 2.05) is 0 Å². The summed E-state index contributed by atoms with van der Waals surface area (Å²) in [5.74, 6) is 2.33. The molecule has 11 nitrogen and oxygen atoms in total. The number of aliphatic hydroxyl groups excluding tert-OH is 1. The summed E-state index contributed by atoms with van der Waals surface area (Å²) in [5, 5.41) is 10.3. The zero-order valence-corrected chi connectivity index (χ0v) is 22.4. The number of aromatic nitrogens is 2. The van der Waals surface area contributed by atoms with Crippen LogP contribution in [0.5, 0.6) is 23.0 Å². The molecule has 212 valence electrons. The number of ether oxygens (including phenoxy) is 3. The molecule has 2 N–H and O–H groups in total. The molecule has 0 bridgehead atoms. The lowest BCUT2D eigenvalue weighted by Gasteiger charge is -2.20. The van der Waals surface area contributed by atoms with Gasteiger partial charge in [0, 0.05) is 12.6 Å². The molecule has 1 aromatic heterocycles.